The highest BCUT2D eigenvalue weighted by atomic mass is 35.5. The molecule has 2 aromatic carbocycles. The van der Waals surface area contributed by atoms with E-state index in [2.05, 4.69) is 24.4 Å². The topological polar surface area (TPSA) is 41.5 Å². The number of aryl methyl sites for hydroxylation is 1. The van der Waals surface area contributed by atoms with Crippen LogP contribution in [0.4, 0.5) is 0 Å². The van der Waals surface area contributed by atoms with Gasteiger partial charge in [-0.25, -0.2) is 0 Å². The molecule has 0 saturated carbocycles. The second kappa shape index (κ2) is 8.79. The summed E-state index contributed by atoms with van der Waals surface area (Å²) < 4.78 is 5.97. The number of hydrogen-bond donors (Lipinski definition) is 2. The largest absolute Gasteiger partial charge is 0.489 e. The molecule has 2 aromatic rings. The third-order valence-corrected chi connectivity index (χ3v) is 3.73. The zero-order valence-electron chi connectivity index (χ0n) is 12.8. The summed E-state index contributed by atoms with van der Waals surface area (Å²) in [4.78, 5) is 0. The van der Waals surface area contributed by atoms with Gasteiger partial charge in [-0.2, -0.15) is 0 Å². The number of halogens is 1. The third-order valence-electron chi connectivity index (χ3n) is 3.49. The lowest BCUT2D eigenvalue weighted by atomic mass is 10.1. The van der Waals surface area contributed by atoms with Gasteiger partial charge in [0.25, 0.3) is 0 Å². The summed E-state index contributed by atoms with van der Waals surface area (Å²) in [6.07, 6.45) is 0.736. The summed E-state index contributed by atoms with van der Waals surface area (Å²) in [5.74, 6) is 0.837. The molecule has 0 bridgehead atoms. The van der Waals surface area contributed by atoms with E-state index in [1.54, 1.807) is 0 Å². The summed E-state index contributed by atoms with van der Waals surface area (Å²) in [7, 11) is 0. The maximum atomic E-state index is 8.81. The maximum Gasteiger partial charge on any atom is 0.124 e. The Balaban J connectivity index is 2.01. The van der Waals surface area contributed by atoms with E-state index in [1.165, 1.54) is 11.1 Å². The number of rotatable bonds is 8. The Morgan fingerprint density at radius 2 is 1.95 bits per heavy atom. The van der Waals surface area contributed by atoms with Crippen molar-refractivity contribution in [1.29, 1.82) is 0 Å². The van der Waals surface area contributed by atoms with E-state index in [9.17, 15) is 0 Å². The fourth-order valence-corrected chi connectivity index (χ4v) is 2.38. The first kappa shape index (κ1) is 16.8. The second-order valence-electron chi connectivity index (χ2n) is 5.22. The first-order valence-corrected chi connectivity index (χ1v) is 7.86. The van der Waals surface area contributed by atoms with Gasteiger partial charge < -0.3 is 15.2 Å². The Morgan fingerprint density at radius 1 is 1.14 bits per heavy atom. The highest BCUT2D eigenvalue weighted by Crippen LogP contribution is 2.24. The van der Waals surface area contributed by atoms with Gasteiger partial charge in [-0.1, -0.05) is 35.9 Å². The van der Waals surface area contributed by atoms with Crippen LogP contribution in [0.2, 0.25) is 5.02 Å². The Bertz CT molecular complexity index is 601. The zero-order chi connectivity index (χ0) is 15.8. The van der Waals surface area contributed by atoms with Gasteiger partial charge in [0.2, 0.25) is 0 Å². The fraction of sp³-hybridized carbons (Fsp3) is 0.333. The van der Waals surface area contributed by atoms with Crippen LogP contribution >= 0.6 is 11.6 Å². The van der Waals surface area contributed by atoms with Crippen LogP contribution in [0.15, 0.2) is 42.5 Å². The highest BCUT2D eigenvalue weighted by Gasteiger charge is 2.06. The molecule has 0 fully saturated rings. The first-order valence-electron chi connectivity index (χ1n) is 7.48. The van der Waals surface area contributed by atoms with Crippen molar-refractivity contribution in [2.75, 3.05) is 13.2 Å². The van der Waals surface area contributed by atoms with Gasteiger partial charge in [0.05, 0.1) is 0 Å². The molecule has 2 rings (SSSR count). The summed E-state index contributed by atoms with van der Waals surface area (Å²) in [6, 6.07) is 13.9. The normalized spacial score (nSPS) is 10.7. The van der Waals surface area contributed by atoms with E-state index >= 15 is 0 Å². The van der Waals surface area contributed by atoms with Crippen LogP contribution in [0, 0.1) is 6.92 Å². The van der Waals surface area contributed by atoms with Crippen LogP contribution in [0.5, 0.6) is 5.75 Å². The minimum Gasteiger partial charge on any atom is -0.489 e. The molecule has 0 heterocycles. The summed E-state index contributed by atoms with van der Waals surface area (Å²) in [6.45, 7) is 4.25. The molecule has 0 radical (unpaired) electrons. The molecule has 22 heavy (non-hydrogen) atoms. The van der Waals surface area contributed by atoms with E-state index in [4.69, 9.17) is 21.4 Å². The zero-order valence-corrected chi connectivity index (χ0v) is 13.6. The monoisotopic (exact) mass is 319 g/mol. The summed E-state index contributed by atoms with van der Waals surface area (Å²) in [5, 5.41) is 12.8. The summed E-state index contributed by atoms with van der Waals surface area (Å²) >= 11 is 6.08. The molecule has 0 aromatic heterocycles. The highest BCUT2D eigenvalue weighted by molar-refractivity contribution is 6.30. The van der Waals surface area contributed by atoms with Crippen molar-refractivity contribution >= 4 is 11.6 Å². The van der Waals surface area contributed by atoms with E-state index in [1.807, 2.05) is 30.3 Å². The quantitative estimate of drug-likeness (QED) is 0.729. The van der Waals surface area contributed by atoms with E-state index < -0.39 is 0 Å². The molecule has 118 valence electrons. The van der Waals surface area contributed by atoms with Gasteiger partial charge in [0, 0.05) is 23.7 Å². The molecule has 0 aliphatic carbocycles. The SMILES string of the molecule is Cc1ccccc1COc1ccc(Cl)cc1CNCCCO. The van der Waals surface area contributed by atoms with Gasteiger partial charge >= 0.3 is 0 Å². The molecule has 4 heteroatoms. The van der Waals surface area contributed by atoms with Crippen molar-refractivity contribution in [3.05, 3.63) is 64.2 Å². The van der Waals surface area contributed by atoms with Gasteiger partial charge in [-0.3, -0.25) is 0 Å². The molecular weight excluding hydrogens is 298 g/mol. The van der Waals surface area contributed by atoms with Gasteiger partial charge in [-0.15, -0.1) is 0 Å². The van der Waals surface area contributed by atoms with Gasteiger partial charge in [-0.05, 0) is 49.2 Å². The second-order valence-corrected chi connectivity index (χ2v) is 5.66. The predicted octanol–water partition coefficient (Wildman–Crippen LogP) is 3.70. The van der Waals surface area contributed by atoms with Gasteiger partial charge in [0.15, 0.2) is 0 Å². The van der Waals surface area contributed by atoms with E-state index in [0.717, 1.165) is 24.3 Å². The van der Waals surface area contributed by atoms with Crippen molar-refractivity contribution in [3.8, 4) is 5.75 Å². The number of ether oxygens (including phenoxy) is 1. The molecule has 0 saturated heterocycles. The van der Waals surface area contributed by atoms with E-state index in [0.29, 0.717) is 18.2 Å². The van der Waals surface area contributed by atoms with Crippen LogP contribution in [-0.2, 0) is 13.2 Å². The lowest BCUT2D eigenvalue weighted by molar-refractivity contribution is 0.285. The maximum absolute atomic E-state index is 8.81. The lowest BCUT2D eigenvalue weighted by Crippen LogP contribution is -2.16. The molecule has 0 spiro atoms. The van der Waals surface area contributed by atoms with Crippen LogP contribution < -0.4 is 10.1 Å². The third kappa shape index (κ3) is 5.02. The molecule has 0 aliphatic heterocycles. The minimum atomic E-state index is 0.194. The minimum absolute atomic E-state index is 0.194. The Morgan fingerprint density at radius 3 is 2.73 bits per heavy atom. The predicted molar refractivity (Wildman–Crippen MR) is 90.4 cm³/mol. The van der Waals surface area contributed by atoms with Crippen molar-refractivity contribution in [3.63, 3.8) is 0 Å². The Labute approximate surface area is 136 Å². The van der Waals surface area contributed by atoms with Crippen LogP contribution in [-0.4, -0.2) is 18.3 Å². The fourth-order valence-electron chi connectivity index (χ4n) is 2.18. The average molecular weight is 320 g/mol. The van der Waals surface area contributed by atoms with Gasteiger partial charge in [0.1, 0.15) is 12.4 Å². The van der Waals surface area contributed by atoms with Crippen molar-refractivity contribution in [1.82, 2.24) is 5.32 Å². The Kier molecular flexibility index (Phi) is 6.72. The molecule has 3 nitrogen and oxygen atoms in total. The number of nitrogens with one attached hydrogen (secondary N) is 1. The number of aliphatic hydroxyl groups excluding tert-OH is 1. The van der Waals surface area contributed by atoms with Crippen molar-refractivity contribution < 1.29 is 9.84 Å². The smallest absolute Gasteiger partial charge is 0.124 e. The van der Waals surface area contributed by atoms with Crippen molar-refractivity contribution in [2.45, 2.75) is 26.5 Å². The molecule has 0 amide bonds. The number of benzene rings is 2. The standard InChI is InChI=1S/C18H22ClNO2/c1-14-5-2-3-6-15(14)13-22-18-8-7-17(19)11-16(18)12-20-9-4-10-21/h2-3,5-8,11,20-21H,4,9-10,12-13H2,1H3. The van der Waals surface area contributed by atoms with Crippen molar-refractivity contribution in [2.24, 2.45) is 0 Å². The molecular formula is C18H22ClNO2. The summed E-state index contributed by atoms with van der Waals surface area (Å²) in [5.41, 5.74) is 3.43. The number of aliphatic hydroxyl groups is 1. The van der Waals surface area contributed by atoms with E-state index in [-0.39, 0.29) is 6.61 Å². The van der Waals surface area contributed by atoms with Crippen LogP contribution in [0.25, 0.3) is 0 Å². The Hall–Kier alpha value is -1.55. The molecule has 0 aliphatic rings. The van der Waals surface area contributed by atoms with Crippen LogP contribution in [0.3, 0.4) is 0 Å². The number of hydrogen-bond acceptors (Lipinski definition) is 3. The first-order chi connectivity index (χ1) is 10.7. The average Bonchev–Trinajstić information content (AvgIpc) is 2.52. The van der Waals surface area contributed by atoms with Crippen LogP contribution in [0.1, 0.15) is 23.1 Å². The molecule has 0 atom stereocenters. The molecule has 2 N–H and O–H groups in total. The lowest BCUT2D eigenvalue weighted by Gasteiger charge is -2.14. The molecule has 0 unspecified atom stereocenters.